The van der Waals surface area contributed by atoms with E-state index in [1.165, 1.54) is 7.11 Å². The van der Waals surface area contributed by atoms with Crippen LogP contribution in [-0.4, -0.2) is 18.2 Å². The number of halogens is 2. The van der Waals surface area contributed by atoms with Crippen LogP contribution in [0.3, 0.4) is 0 Å². The van der Waals surface area contributed by atoms with Crippen molar-refractivity contribution < 1.29 is 19.1 Å². The van der Waals surface area contributed by atoms with Crippen LogP contribution in [0.1, 0.15) is 16.1 Å². The predicted octanol–water partition coefficient (Wildman–Crippen LogP) is 2.78. The summed E-state index contributed by atoms with van der Waals surface area (Å²) in [5, 5.41) is 9.63. The first-order valence-electron chi connectivity index (χ1n) is 4.80. The third-order valence-electron chi connectivity index (χ3n) is 2.43. The van der Waals surface area contributed by atoms with Crippen molar-refractivity contribution >= 4 is 45.3 Å². The van der Waals surface area contributed by atoms with Gasteiger partial charge in [-0.15, -0.1) is 12.4 Å². The molecule has 7 heteroatoms. The maximum atomic E-state index is 11.2. The molecule has 2 aromatic rings. The SMILES string of the molecule is COc1cc2c(C(=O)O)c(CN)oc2cc1Br.Cl. The van der Waals surface area contributed by atoms with Gasteiger partial charge in [0.25, 0.3) is 0 Å². The molecule has 3 N–H and O–H groups in total. The van der Waals surface area contributed by atoms with E-state index >= 15 is 0 Å². The molecule has 98 valence electrons. The van der Waals surface area contributed by atoms with E-state index in [1.54, 1.807) is 12.1 Å². The number of ether oxygens (including phenoxy) is 1. The maximum Gasteiger partial charge on any atom is 0.339 e. The summed E-state index contributed by atoms with van der Waals surface area (Å²) >= 11 is 3.31. The van der Waals surface area contributed by atoms with Gasteiger partial charge in [-0.1, -0.05) is 0 Å². The van der Waals surface area contributed by atoms with Gasteiger partial charge < -0.3 is 20.0 Å². The number of carboxylic acid groups (broad SMARTS) is 1. The number of furan rings is 1. The zero-order valence-corrected chi connectivity index (χ0v) is 11.8. The number of rotatable bonds is 3. The normalized spacial score (nSPS) is 10.2. The fourth-order valence-electron chi connectivity index (χ4n) is 1.68. The highest BCUT2D eigenvalue weighted by atomic mass is 79.9. The van der Waals surface area contributed by atoms with Gasteiger partial charge in [-0.3, -0.25) is 0 Å². The molecule has 0 aliphatic rings. The van der Waals surface area contributed by atoms with Crippen molar-refractivity contribution in [3.63, 3.8) is 0 Å². The van der Waals surface area contributed by atoms with Crippen LogP contribution in [0.15, 0.2) is 21.0 Å². The first kappa shape index (κ1) is 14.8. The molecule has 0 bridgehead atoms. The van der Waals surface area contributed by atoms with Crippen molar-refractivity contribution in [2.24, 2.45) is 5.73 Å². The topological polar surface area (TPSA) is 85.7 Å². The molecule has 0 unspecified atom stereocenters. The standard InChI is InChI=1S/C11H10BrNO4.ClH/c1-16-8-2-5-7(3-6(8)12)17-9(4-13)10(5)11(14)15;/h2-3H,4,13H2,1H3,(H,14,15);1H. The van der Waals surface area contributed by atoms with Gasteiger partial charge in [-0.05, 0) is 28.1 Å². The molecule has 0 saturated heterocycles. The highest BCUT2D eigenvalue weighted by Gasteiger charge is 2.20. The highest BCUT2D eigenvalue weighted by molar-refractivity contribution is 9.10. The Balaban J connectivity index is 0.00000162. The molecule has 5 nitrogen and oxygen atoms in total. The van der Waals surface area contributed by atoms with E-state index < -0.39 is 5.97 Å². The van der Waals surface area contributed by atoms with Crippen LogP contribution in [0.2, 0.25) is 0 Å². The van der Waals surface area contributed by atoms with Crippen LogP contribution in [0, 0.1) is 0 Å². The molecule has 2 rings (SSSR count). The van der Waals surface area contributed by atoms with Gasteiger partial charge in [0.1, 0.15) is 22.7 Å². The van der Waals surface area contributed by atoms with Gasteiger partial charge in [0, 0.05) is 5.39 Å². The van der Waals surface area contributed by atoms with Crippen molar-refractivity contribution in [3.8, 4) is 5.75 Å². The molecule has 0 fully saturated rings. The van der Waals surface area contributed by atoms with E-state index in [4.69, 9.17) is 20.0 Å². The Morgan fingerprint density at radius 2 is 2.22 bits per heavy atom. The van der Waals surface area contributed by atoms with E-state index in [-0.39, 0.29) is 30.3 Å². The Morgan fingerprint density at radius 3 is 2.72 bits per heavy atom. The van der Waals surface area contributed by atoms with Gasteiger partial charge >= 0.3 is 5.97 Å². The van der Waals surface area contributed by atoms with Crippen LogP contribution < -0.4 is 10.5 Å². The van der Waals surface area contributed by atoms with E-state index in [0.717, 1.165) is 0 Å². The van der Waals surface area contributed by atoms with Crippen LogP contribution >= 0.6 is 28.3 Å². The number of hydrogen-bond acceptors (Lipinski definition) is 4. The Morgan fingerprint density at radius 1 is 1.56 bits per heavy atom. The minimum atomic E-state index is -1.06. The molecular weight excluding hydrogens is 325 g/mol. The molecule has 0 saturated carbocycles. The maximum absolute atomic E-state index is 11.2. The molecule has 0 aliphatic carbocycles. The van der Waals surface area contributed by atoms with Crippen LogP contribution in [-0.2, 0) is 6.54 Å². The van der Waals surface area contributed by atoms with Gasteiger partial charge in [0.15, 0.2) is 0 Å². The second-order valence-electron chi connectivity index (χ2n) is 3.39. The highest BCUT2D eigenvalue weighted by Crippen LogP contribution is 2.34. The third kappa shape index (κ3) is 2.31. The summed E-state index contributed by atoms with van der Waals surface area (Å²) in [5.74, 6) is -0.259. The number of fused-ring (bicyclic) bond motifs is 1. The number of carbonyl (C=O) groups is 1. The largest absolute Gasteiger partial charge is 0.496 e. The number of nitrogens with two attached hydrogens (primary N) is 1. The van der Waals surface area contributed by atoms with Crippen LogP contribution in [0.25, 0.3) is 11.0 Å². The summed E-state index contributed by atoms with van der Waals surface area (Å²) < 4.78 is 11.2. The fourth-order valence-corrected chi connectivity index (χ4v) is 2.17. The monoisotopic (exact) mass is 335 g/mol. The number of aromatic carboxylic acids is 1. The zero-order valence-electron chi connectivity index (χ0n) is 9.40. The molecule has 0 spiro atoms. The quantitative estimate of drug-likeness (QED) is 0.900. The summed E-state index contributed by atoms with van der Waals surface area (Å²) in [6.45, 7) is 0.0379. The molecule has 1 heterocycles. The zero-order chi connectivity index (χ0) is 12.6. The average molecular weight is 337 g/mol. The minimum Gasteiger partial charge on any atom is -0.496 e. The summed E-state index contributed by atoms with van der Waals surface area (Å²) in [7, 11) is 1.51. The molecule has 0 aliphatic heterocycles. The first-order chi connectivity index (χ1) is 8.08. The Kier molecular flexibility index (Phi) is 4.61. The third-order valence-corrected chi connectivity index (χ3v) is 3.05. The molecule has 1 aromatic carbocycles. The van der Waals surface area contributed by atoms with Gasteiger partial charge in [-0.25, -0.2) is 4.79 Å². The van der Waals surface area contributed by atoms with Crippen molar-refractivity contribution in [3.05, 3.63) is 27.9 Å². The van der Waals surface area contributed by atoms with Crippen LogP contribution in [0.4, 0.5) is 0 Å². The van der Waals surface area contributed by atoms with Crippen molar-refractivity contribution in [2.75, 3.05) is 7.11 Å². The Hall–Kier alpha value is -1.24. The predicted molar refractivity (Wildman–Crippen MR) is 72.6 cm³/mol. The lowest BCUT2D eigenvalue weighted by Gasteiger charge is -2.02. The molecular formula is C11H11BrClNO4. The fraction of sp³-hybridized carbons (Fsp3) is 0.182. The smallest absolute Gasteiger partial charge is 0.339 e. The lowest BCUT2D eigenvalue weighted by atomic mass is 10.1. The average Bonchev–Trinajstić information content (AvgIpc) is 2.65. The van der Waals surface area contributed by atoms with Crippen molar-refractivity contribution in [2.45, 2.75) is 6.54 Å². The molecule has 0 amide bonds. The summed E-state index contributed by atoms with van der Waals surface area (Å²) in [6.07, 6.45) is 0. The van der Waals surface area contributed by atoms with Gasteiger partial charge in [-0.2, -0.15) is 0 Å². The summed E-state index contributed by atoms with van der Waals surface area (Å²) in [6, 6.07) is 3.28. The first-order valence-corrected chi connectivity index (χ1v) is 5.60. The van der Waals surface area contributed by atoms with E-state index in [9.17, 15) is 4.79 Å². The van der Waals surface area contributed by atoms with Gasteiger partial charge in [0.05, 0.1) is 18.1 Å². The minimum absolute atomic E-state index is 0. The summed E-state index contributed by atoms with van der Waals surface area (Å²) in [4.78, 5) is 11.2. The van der Waals surface area contributed by atoms with Gasteiger partial charge in [0.2, 0.25) is 0 Å². The second kappa shape index (κ2) is 5.60. The Bertz CT molecular complexity index is 596. The number of methoxy groups -OCH3 is 1. The Labute approximate surface area is 117 Å². The van der Waals surface area contributed by atoms with E-state index in [0.29, 0.717) is 21.2 Å². The van der Waals surface area contributed by atoms with E-state index in [2.05, 4.69) is 15.9 Å². The number of hydrogen-bond donors (Lipinski definition) is 2. The van der Waals surface area contributed by atoms with Crippen LogP contribution in [0.5, 0.6) is 5.75 Å². The number of carboxylic acids is 1. The van der Waals surface area contributed by atoms with Crippen molar-refractivity contribution in [1.82, 2.24) is 0 Å². The second-order valence-corrected chi connectivity index (χ2v) is 4.25. The summed E-state index contributed by atoms with van der Waals surface area (Å²) in [5.41, 5.74) is 6.02. The van der Waals surface area contributed by atoms with E-state index in [1.807, 2.05) is 0 Å². The number of benzene rings is 1. The molecule has 0 atom stereocenters. The lowest BCUT2D eigenvalue weighted by Crippen LogP contribution is -2.03. The lowest BCUT2D eigenvalue weighted by molar-refractivity contribution is 0.0696. The molecule has 18 heavy (non-hydrogen) atoms. The molecule has 0 radical (unpaired) electrons. The molecule has 1 aromatic heterocycles. The van der Waals surface area contributed by atoms with Crippen molar-refractivity contribution in [1.29, 1.82) is 0 Å².